The quantitative estimate of drug-likeness (QED) is 0.889. The second-order valence-electron chi connectivity index (χ2n) is 3.26. The summed E-state index contributed by atoms with van der Waals surface area (Å²) >= 11 is 0.951. The molecule has 18 heavy (non-hydrogen) atoms. The van der Waals surface area contributed by atoms with E-state index in [9.17, 15) is 13.2 Å². The minimum Gasteiger partial charge on any atom is -0.477 e. The Bertz CT molecular complexity index is 664. The minimum absolute atomic E-state index is 0.0208. The summed E-state index contributed by atoms with van der Waals surface area (Å²) in [4.78, 5) is 14.5. The summed E-state index contributed by atoms with van der Waals surface area (Å²) in [7, 11) is -3.81. The van der Waals surface area contributed by atoms with Crippen LogP contribution in [-0.4, -0.2) is 24.5 Å². The highest BCUT2D eigenvalue weighted by Gasteiger charge is 2.19. The molecule has 2 heterocycles. The lowest BCUT2D eigenvalue weighted by atomic mass is 10.4. The van der Waals surface area contributed by atoms with Gasteiger partial charge in [0.2, 0.25) is 0 Å². The van der Waals surface area contributed by atoms with E-state index in [1.54, 1.807) is 0 Å². The lowest BCUT2D eigenvalue weighted by Crippen LogP contribution is -2.14. The third kappa shape index (κ3) is 2.49. The molecule has 94 valence electrons. The van der Waals surface area contributed by atoms with Gasteiger partial charge < -0.3 is 5.11 Å². The number of pyridine rings is 1. The number of hydrogen-bond donors (Lipinski definition) is 2. The predicted molar refractivity (Wildman–Crippen MR) is 66.3 cm³/mol. The van der Waals surface area contributed by atoms with Gasteiger partial charge in [-0.3, -0.25) is 9.71 Å². The van der Waals surface area contributed by atoms with Gasteiger partial charge in [-0.1, -0.05) is 0 Å². The van der Waals surface area contributed by atoms with Crippen LogP contribution in [0.2, 0.25) is 0 Å². The number of thiophene rings is 1. The van der Waals surface area contributed by atoms with E-state index >= 15 is 0 Å². The predicted octanol–water partition coefficient (Wildman–Crippen LogP) is 1.64. The molecule has 0 aliphatic rings. The number of aromatic nitrogens is 1. The Morgan fingerprint density at radius 3 is 2.78 bits per heavy atom. The molecule has 2 N–H and O–H groups in total. The van der Waals surface area contributed by atoms with Crippen molar-refractivity contribution in [3.63, 3.8) is 0 Å². The summed E-state index contributed by atoms with van der Waals surface area (Å²) in [5.74, 6) is -1.17. The summed E-state index contributed by atoms with van der Waals surface area (Å²) in [6.07, 6.45) is 2.64. The number of aromatic carboxylic acids is 1. The van der Waals surface area contributed by atoms with Crippen molar-refractivity contribution in [2.75, 3.05) is 4.72 Å². The van der Waals surface area contributed by atoms with Crippen LogP contribution in [0.25, 0.3) is 0 Å². The number of carboxylic acids is 1. The van der Waals surface area contributed by atoms with Gasteiger partial charge in [0.05, 0.1) is 5.69 Å². The van der Waals surface area contributed by atoms with Gasteiger partial charge in [0, 0.05) is 12.4 Å². The molecule has 8 heteroatoms. The number of rotatable bonds is 4. The van der Waals surface area contributed by atoms with Crippen molar-refractivity contribution in [2.45, 2.75) is 4.90 Å². The van der Waals surface area contributed by atoms with Gasteiger partial charge in [-0.15, -0.1) is 11.3 Å². The summed E-state index contributed by atoms with van der Waals surface area (Å²) in [5.41, 5.74) is 0.0522. The van der Waals surface area contributed by atoms with E-state index in [0.29, 0.717) is 0 Å². The van der Waals surface area contributed by atoms with Crippen molar-refractivity contribution in [2.24, 2.45) is 0 Å². The van der Waals surface area contributed by atoms with Crippen LogP contribution in [0.4, 0.5) is 5.69 Å². The average molecular weight is 284 g/mol. The van der Waals surface area contributed by atoms with Crippen LogP contribution in [0.1, 0.15) is 9.67 Å². The van der Waals surface area contributed by atoms with E-state index in [1.807, 2.05) is 0 Å². The molecule has 2 aromatic rings. The molecule has 0 aliphatic heterocycles. The fraction of sp³-hybridized carbons (Fsp3) is 0. The molecule has 2 aromatic heterocycles. The van der Waals surface area contributed by atoms with Crippen LogP contribution in [0, 0.1) is 0 Å². The fourth-order valence-corrected chi connectivity index (χ4v) is 3.05. The zero-order valence-corrected chi connectivity index (χ0v) is 10.5. The van der Waals surface area contributed by atoms with Crippen molar-refractivity contribution in [1.29, 1.82) is 0 Å². The fourth-order valence-electron chi connectivity index (χ4n) is 1.26. The molecule has 0 fully saturated rings. The third-order valence-corrected chi connectivity index (χ3v) is 4.30. The maximum atomic E-state index is 11.9. The van der Waals surface area contributed by atoms with E-state index in [4.69, 9.17) is 5.11 Å². The molecule has 0 saturated heterocycles. The molecule has 0 unspecified atom stereocenters. The molecular weight excluding hydrogens is 276 g/mol. The van der Waals surface area contributed by atoms with Crippen LogP contribution in [-0.2, 0) is 10.0 Å². The Labute approximate surface area is 107 Å². The van der Waals surface area contributed by atoms with Crippen molar-refractivity contribution in [3.8, 4) is 0 Å². The first-order valence-corrected chi connectivity index (χ1v) is 7.10. The molecule has 0 bridgehead atoms. The number of hydrogen-bond acceptors (Lipinski definition) is 5. The van der Waals surface area contributed by atoms with E-state index in [-0.39, 0.29) is 15.5 Å². The summed E-state index contributed by atoms with van der Waals surface area (Å²) < 4.78 is 26.1. The van der Waals surface area contributed by atoms with Gasteiger partial charge in [-0.05, 0) is 23.6 Å². The minimum atomic E-state index is -3.81. The largest absolute Gasteiger partial charge is 0.477 e. The average Bonchev–Trinajstić information content (AvgIpc) is 2.78. The van der Waals surface area contributed by atoms with Gasteiger partial charge in [-0.2, -0.15) is 0 Å². The second kappa shape index (κ2) is 4.75. The van der Waals surface area contributed by atoms with E-state index in [2.05, 4.69) is 9.71 Å². The maximum absolute atomic E-state index is 11.9. The molecule has 0 spiro atoms. The monoisotopic (exact) mass is 284 g/mol. The Hall–Kier alpha value is -1.93. The molecule has 0 saturated carbocycles. The standard InChI is InChI=1S/C10H8N2O4S2/c13-10(14)9-8(3-5-17-9)12-18(15,16)7-2-1-4-11-6-7/h1-6,12H,(H,13,14). The number of anilines is 1. The van der Waals surface area contributed by atoms with Gasteiger partial charge in [0.25, 0.3) is 10.0 Å². The van der Waals surface area contributed by atoms with Crippen molar-refractivity contribution >= 4 is 33.0 Å². The van der Waals surface area contributed by atoms with Gasteiger partial charge in [-0.25, -0.2) is 13.2 Å². The number of carboxylic acid groups (broad SMARTS) is 1. The molecule has 0 radical (unpaired) electrons. The Balaban J connectivity index is 2.34. The first-order valence-electron chi connectivity index (χ1n) is 4.74. The topological polar surface area (TPSA) is 96.4 Å². The van der Waals surface area contributed by atoms with Gasteiger partial charge in [0.1, 0.15) is 9.77 Å². The van der Waals surface area contributed by atoms with Crippen LogP contribution in [0.15, 0.2) is 40.9 Å². The number of nitrogens with zero attached hydrogens (tertiary/aromatic N) is 1. The SMILES string of the molecule is O=C(O)c1sccc1NS(=O)(=O)c1cccnc1. The highest BCUT2D eigenvalue weighted by atomic mass is 32.2. The van der Waals surface area contributed by atoms with E-state index in [0.717, 1.165) is 11.3 Å². The Kier molecular flexibility index (Phi) is 3.30. The summed E-state index contributed by atoms with van der Waals surface area (Å²) in [6, 6.07) is 4.27. The smallest absolute Gasteiger partial charge is 0.348 e. The van der Waals surface area contributed by atoms with Crippen LogP contribution in [0.5, 0.6) is 0 Å². The van der Waals surface area contributed by atoms with Crippen molar-refractivity contribution in [1.82, 2.24) is 4.98 Å². The van der Waals surface area contributed by atoms with Crippen molar-refractivity contribution < 1.29 is 18.3 Å². The van der Waals surface area contributed by atoms with Gasteiger partial charge in [0.15, 0.2) is 0 Å². The van der Waals surface area contributed by atoms with E-state index in [1.165, 1.54) is 36.0 Å². The first-order chi connectivity index (χ1) is 8.50. The highest BCUT2D eigenvalue weighted by Crippen LogP contribution is 2.24. The lowest BCUT2D eigenvalue weighted by molar-refractivity contribution is 0.0703. The molecule has 6 nitrogen and oxygen atoms in total. The molecule has 2 rings (SSSR count). The van der Waals surface area contributed by atoms with Crippen LogP contribution < -0.4 is 4.72 Å². The molecule has 0 atom stereocenters. The van der Waals surface area contributed by atoms with Crippen LogP contribution >= 0.6 is 11.3 Å². The third-order valence-electron chi connectivity index (χ3n) is 2.05. The lowest BCUT2D eigenvalue weighted by Gasteiger charge is -2.06. The molecule has 0 aliphatic carbocycles. The summed E-state index contributed by atoms with van der Waals surface area (Å²) in [6.45, 7) is 0. The Morgan fingerprint density at radius 1 is 1.39 bits per heavy atom. The number of nitrogens with one attached hydrogen (secondary N) is 1. The molecule has 0 aromatic carbocycles. The zero-order valence-electron chi connectivity index (χ0n) is 8.90. The number of sulfonamides is 1. The Morgan fingerprint density at radius 2 is 2.17 bits per heavy atom. The molecular formula is C10H8N2O4S2. The normalized spacial score (nSPS) is 11.1. The molecule has 0 amide bonds. The summed E-state index contributed by atoms with van der Waals surface area (Å²) in [5, 5.41) is 10.4. The number of carbonyl (C=O) groups is 1. The van der Waals surface area contributed by atoms with Crippen LogP contribution in [0.3, 0.4) is 0 Å². The van der Waals surface area contributed by atoms with Crippen molar-refractivity contribution in [3.05, 3.63) is 40.8 Å². The second-order valence-corrected chi connectivity index (χ2v) is 5.86. The maximum Gasteiger partial charge on any atom is 0.348 e. The first kappa shape index (κ1) is 12.5. The van der Waals surface area contributed by atoms with Gasteiger partial charge >= 0.3 is 5.97 Å². The zero-order chi connectivity index (χ0) is 13.2. The highest BCUT2D eigenvalue weighted by molar-refractivity contribution is 7.92. The van der Waals surface area contributed by atoms with E-state index < -0.39 is 16.0 Å².